The number of aliphatic hydroxyl groups is 1. The molecule has 2 heterocycles. The summed E-state index contributed by atoms with van der Waals surface area (Å²) in [6, 6.07) is 14.1. The first kappa shape index (κ1) is 26.2. The van der Waals surface area contributed by atoms with E-state index in [-0.39, 0.29) is 24.1 Å². The SMILES string of the molecule is C[C@]12CC(=CN)C(=Nc3cccnc3)C=C1CC[C@@H]2CC(NC(=O)N1CCC(CO)CC1)c1ccccc1. The monoisotopic (exact) mass is 513 g/mol. The third-order valence-corrected chi connectivity index (χ3v) is 8.87. The molecule has 4 N–H and O–H groups in total. The average molecular weight is 514 g/mol. The standard InChI is InChI=1S/C31H39N5O2/c1-31-18-24(19-32)29(34-27-8-5-13-33-20-27)17-26(31)10-9-25(31)16-28(23-6-3-2-4-7-23)35-30(38)36-14-11-22(21-37)12-15-36/h2-8,13,17,19-20,22,25,28,37H,9-12,14-16,18,21,32H2,1H3,(H,35,38)/t25-,28?,31-/m1/s1. The summed E-state index contributed by atoms with van der Waals surface area (Å²) in [4.78, 5) is 24.3. The third kappa shape index (κ3) is 5.53. The Morgan fingerprint density at radius 3 is 2.71 bits per heavy atom. The molecule has 3 atom stereocenters. The van der Waals surface area contributed by atoms with Gasteiger partial charge in [0.05, 0.1) is 23.6 Å². The second-order valence-electron chi connectivity index (χ2n) is 11.2. The Labute approximate surface area is 225 Å². The van der Waals surface area contributed by atoms with Crippen LogP contribution in [0.15, 0.2) is 83.3 Å². The minimum Gasteiger partial charge on any atom is -0.404 e. The Morgan fingerprint density at radius 1 is 1.24 bits per heavy atom. The van der Waals surface area contributed by atoms with Crippen molar-refractivity contribution in [2.45, 2.75) is 51.5 Å². The van der Waals surface area contributed by atoms with Gasteiger partial charge in [-0.1, -0.05) is 42.8 Å². The van der Waals surface area contributed by atoms with Gasteiger partial charge in [0, 0.05) is 25.9 Å². The number of pyridine rings is 1. The number of nitrogens with two attached hydrogens (primary N) is 1. The molecule has 2 fully saturated rings. The van der Waals surface area contributed by atoms with Crippen molar-refractivity contribution >= 4 is 17.4 Å². The predicted octanol–water partition coefficient (Wildman–Crippen LogP) is 5.29. The van der Waals surface area contributed by atoms with E-state index in [2.05, 4.69) is 35.4 Å². The quantitative estimate of drug-likeness (QED) is 0.488. The number of carbonyl (C=O) groups excluding carboxylic acids is 1. The van der Waals surface area contributed by atoms with Gasteiger partial charge in [0.25, 0.3) is 0 Å². The Kier molecular flexibility index (Phi) is 7.93. The number of amides is 2. The first-order valence-electron chi connectivity index (χ1n) is 13.8. The number of likely N-dealkylation sites (tertiary alicyclic amines) is 1. The summed E-state index contributed by atoms with van der Waals surface area (Å²) < 4.78 is 0. The third-order valence-electron chi connectivity index (χ3n) is 8.87. The molecule has 2 aromatic rings. The Balaban J connectivity index is 1.36. The van der Waals surface area contributed by atoms with Crippen LogP contribution in [0.1, 0.15) is 57.1 Å². The molecule has 0 bridgehead atoms. The topological polar surface area (TPSA) is 104 Å². The second-order valence-corrected chi connectivity index (χ2v) is 11.2. The molecule has 5 rings (SSSR count). The molecule has 1 saturated heterocycles. The molecule has 2 aliphatic carbocycles. The molecule has 38 heavy (non-hydrogen) atoms. The van der Waals surface area contributed by atoms with Crippen molar-refractivity contribution in [1.29, 1.82) is 0 Å². The van der Waals surface area contributed by atoms with Crippen LogP contribution < -0.4 is 11.1 Å². The lowest BCUT2D eigenvalue weighted by atomic mass is 9.67. The van der Waals surface area contributed by atoms with Crippen molar-refractivity contribution in [2.75, 3.05) is 19.7 Å². The van der Waals surface area contributed by atoms with Crippen LogP contribution in [-0.4, -0.2) is 46.4 Å². The zero-order chi connectivity index (χ0) is 26.5. The number of carbonyl (C=O) groups is 1. The molecule has 7 heteroatoms. The minimum absolute atomic E-state index is 0.00812. The van der Waals surface area contributed by atoms with E-state index in [4.69, 9.17) is 10.7 Å². The highest BCUT2D eigenvalue weighted by atomic mass is 16.3. The molecule has 1 aliphatic heterocycles. The van der Waals surface area contributed by atoms with Gasteiger partial charge in [0.2, 0.25) is 0 Å². The van der Waals surface area contributed by atoms with E-state index in [0.717, 1.165) is 61.1 Å². The maximum atomic E-state index is 13.3. The van der Waals surface area contributed by atoms with E-state index in [1.54, 1.807) is 18.6 Å². The first-order valence-corrected chi connectivity index (χ1v) is 13.8. The van der Waals surface area contributed by atoms with Crippen LogP contribution in [0.5, 0.6) is 0 Å². The zero-order valence-electron chi connectivity index (χ0n) is 22.2. The maximum Gasteiger partial charge on any atom is 0.317 e. The molecule has 3 aliphatic rings. The molecule has 1 unspecified atom stereocenters. The van der Waals surface area contributed by atoms with E-state index in [9.17, 15) is 9.90 Å². The van der Waals surface area contributed by atoms with Crippen molar-refractivity contribution < 1.29 is 9.90 Å². The van der Waals surface area contributed by atoms with Gasteiger partial charge in [0.15, 0.2) is 0 Å². The number of piperidine rings is 1. The molecule has 2 amide bonds. The fourth-order valence-electron chi connectivity index (χ4n) is 6.43. The number of benzene rings is 1. The molecule has 0 radical (unpaired) electrons. The number of hydrogen-bond donors (Lipinski definition) is 3. The van der Waals surface area contributed by atoms with Crippen LogP contribution in [0.3, 0.4) is 0 Å². The number of nitrogens with zero attached hydrogens (tertiary/aromatic N) is 3. The average Bonchev–Trinajstić information content (AvgIpc) is 3.27. The normalized spacial score (nSPS) is 26.7. The van der Waals surface area contributed by atoms with Crippen LogP contribution in [0.2, 0.25) is 0 Å². The molecule has 0 spiro atoms. The number of hydrogen-bond acceptors (Lipinski definition) is 5. The minimum atomic E-state index is -0.0730. The lowest BCUT2D eigenvalue weighted by Gasteiger charge is -2.39. The number of aliphatic imine (C=N–C) groups is 1. The lowest BCUT2D eigenvalue weighted by molar-refractivity contribution is 0.133. The van der Waals surface area contributed by atoms with E-state index in [1.807, 2.05) is 35.2 Å². The molecular formula is C31H39N5O2. The van der Waals surface area contributed by atoms with Crippen molar-refractivity contribution in [3.63, 3.8) is 0 Å². The summed E-state index contributed by atoms with van der Waals surface area (Å²) in [5, 5.41) is 12.8. The maximum absolute atomic E-state index is 13.3. The van der Waals surface area contributed by atoms with Gasteiger partial charge < -0.3 is 21.1 Å². The van der Waals surface area contributed by atoms with Crippen molar-refractivity contribution in [1.82, 2.24) is 15.2 Å². The van der Waals surface area contributed by atoms with Gasteiger partial charge in [-0.3, -0.25) is 4.98 Å². The fraction of sp³-hybridized carbons (Fsp3) is 0.452. The summed E-state index contributed by atoms with van der Waals surface area (Å²) in [5.41, 5.74) is 11.5. The van der Waals surface area contributed by atoms with E-state index >= 15 is 0 Å². The molecule has 200 valence electrons. The highest BCUT2D eigenvalue weighted by molar-refractivity contribution is 6.11. The number of aliphatic hydroxyl groups excluding tert-OH is 1. The van der Waals surface area contributed by atoms with Crippen molar-refractivity contribution in [2.24, 2.45) is 28.0 Å². The summed E-state index contributed by atoms with van der Waals surface area (Å²) in [6.45, 7) is 3.93. The highest BCUT2D eigenvalue weighted by Crippen LogP contribution is 2.56. The van der Waals surface area contributed by atoms with Gasteiger partial charge in [0.1, 0.15) is 0 Å². The molecule has 1 saturated carbocycles. The van der Waals surface area contributed by atoms with Crippen LogP contribution in [0, 0.1) is 17.3 Å². The smallest absolute Gasteiger partial charge is 0.317 e. The number of allylic oxidation sites excluding steroid dienone is 3. The Bertz CT molecular complexity index is 1200. The van der Waals surface area contributed by atoms with Crippen LogP contribution >= 0.6 is 0 Å². The lowest BCUT2D eigenvalue weighted by Crippen LogP contribution is -2.46. The molecule has 1 aromatic carbocycles. The molecule has 7 nitrogen and oxygen atoms in total. The second kappa shape index (κ2) is 11.5. The van der Waals surface area contributed by atoms with E-state index < -0.39 is 0 Å². The molecular weight excluding hydrogens is 474 g/mol. The number of urea groups is 1. The Morgan fingerprint density at radius 2 is 2.03 bits per heavy atom. The van der Waals surface area contributed by atoms with Crippen LogP contribution in [0.4, 0.5) is 10.5 Å². The van der Waals surface area contributed by atoms with Crippen molar-refractivity contribution in [3.8, 4) is 0 Å². The van der Waals surface area contributed by atoms with Gasteiger partial charge in [-0.05, 0) is 91.3 Å². The van der Waals surface area contributed by atoms with E-state index in [1.165, 1.54) is 5.57 Å². The van der Waals surface area contributed by atoms with E-state index in [0.29, 0.717) is 24.9 Å². The van der Waals surface area contributed by atoms with Crippen molar-refractivity contribution in [3.05, 3.63) is 83.8 Å². The summed E-state index contributed by atoms with van der Waals surface area (Å²) >= 11 is 0. The molecule has 1 aromatic heterocycles. The first-order chi connectivity index (χ1) is 18.5. The van der Waals surface area contributed by atoms with Crippen LogP contribution in [0.25, 0.3) is 0 Å². The fourth-order valence-corrected chi connectivity index (χ4v) is 6.43. The van der Waals surface area contributed by atoms with Gasteiger partial charge in [-0.2, -0.15) is 0 Å². The van der Waals surface area contributed by atoms with Crippen LogP contribution in [-0.2, 0) is 0 Å². The zero-order valence-corrected chi connectivity index (χ0v) is 22.2. The number of rotatable bonds is 6. The predicted molar refractivity (Wildman–Crippen MR) is 151 cm³/mol. The summed E-state index contributed by atoms with van der Waals surface area (Å²) in [7, 11) is 0. The van der Waals surface area contributed by atoms with Gasteiger partial charge in [-0.15, -0.1) is 0 Å². The van der Waals surface area contributed by atoms with Gasteiger partial charge >= 0.3 is 6.03 Å². The number of fused-ring (bicyclic) bond motifs is 1. The number of aromatic nitrogens is 1. The largest absolute Gasteiger partial charge is 0.404 e. The Hall–Kier alpha value is -3.45. The number of nitrogens with one attached hydrogen (secondary N) is 1. The summed E-state index contributed by atoms with van der Waals surface area (Å²) in [6.07, 6.45) is 13.0. The summed E-state index contributed by atoms with van der Waals surface area (Å²) in [5.74, 6) is 0.699. The highest BCUT2D eigenvalue weighted by Gasteiger charge is 2.46. The van der Waals surface area contributed by atoms with Gasteiger partial charge in [-0.25, -0.2) is 9.79 Å².